The highest BCUT2D eigenvalue weighted by Crippen LogP contribution is 2.28. The van der Waals surface area contributed by atoms with Gasteiger partial charge in [-0.15, -0.1) is 0 Å². The fourth-order valence-electron chi connectivity index (χ4n) is 1.97. The summed E-state index contributed by atoms with van der Waals surface area (Å²) in [6.07, 6.45) is 6.44. The number of carboxylic acids is 1. The third kappa shape index (κ3) is 1.77. The molecule has 1 heterocycles. The zero-order chi connectivity index (χ0) is 10.8. The number of carbonyl (C=O) groups is 1. The maximum Gasteiger partial charge on any atom is 0.336 e. The summed E-state index contributed by atoms with van der Waals surface area (Å²) in [7, 11) is 0. The number of aromatic carboxylic acids is 1. The van der Waals surface area contributed by atoms with Gasteiger partial charge in [0.1, 0.15) is 0 Å². The van der Waals surface area contributed by atoms with Crippen LogP contribution >= 0.6 is 0 Å². The maximum atomic E-state index is 11.0. The van der Waals surface area contributed by atoms with Gasteiger partial charge in [-0.3, -0.25) is 4.98 Å². The van der Waals surface area contributed by atoms with Crippen molar-refractivity contribution in [3.63, 3.8) is 0 Å². The monoisotopic (exact) mass is 203 g/mol. The van der Waals surface area contributed by atoms with Gasteiger partial charge < -0.3 is 5.11 Å². The normalized spacial score (nSPS) is 13.5. The van der Waals surface area contributed by atoms with Crippen LogP contribution in [-0.4, -0.2) is 16.1 Å². The lowest BCUT2D eigenvalue weighted by molar-refractivity contribution is 0.0695. The number of hydrogen-bond acceptors (Lipinski definition) is 2. The highest BCUT2D eigenvalue weighted by atomic mass is 16.4. The van der Waals surface area contributed by atoms with E-state index in [2.05, 4.69) is 11.9 Å². The second kappa shape index (κ2) is 3.85. The molecule has 0 saturated heterocycles. The summed E-state index contributed by atoms with van der Waals surface area (Å²) in [5.41, 5.74) is 3.38. The SMILES string of the molecule is CCCC1=Cc2nccc(C(=O)O)c2C1. The highest BCUT2D eigenvalue weighted by molar-refractivity contribution is 5.91. The number of pyridine rings is 1. The first-order chi connectivity index (χ1) is 7.22. The predicted octanol–water partition coefficient (Wildman–Crippen LogP) is 2.52. The Balaban J connectivity index is 2.36. The van der Waals surface area contributed by atoms with Gasteiger partial charge in [0.15, 0.2) is 0 Å². The Morgan fingerprint density at radius 1 is 1.60 bits per heavy atom. The van der Waals surface area contributed by atoms with Crippen molar-refractivity contribution in [3.8, 4) is 0 Å². The van der Waals surface area contributed by atoms with Crippen molar-refractivity contribution in [3.05, 3.63) is 34.7 Å². The van der Waals surface area contributed by atoms with Crippen molar-refractivity contribution < 1.29 is 9.90 Å². The number of rotatable bonds is 3. The largest absolute Gasteiger partial charge is 0.478 e. The first-order valence-electron chi connectivity index (χ1n) is 5.13. The van der Waals surface area contributed by atoms with Gasteiger partial charge in [-0.1, -0.05) is 18.9 Å². The first kappa shape index (κ1) is 9.90. The van der Waals surface area contributed by atoms with E-state index in [0.717, 1.165) is 30.5 Å². The average Bonchev–Trinajstić information content (AvgIpc) is 2.59. The molecule has 0 atom stereocenters. The van der Waals surface area contributed by atoms with E-state index in [1.807, 2.05) is 6.08 Å². The molecule has 0 aliphatic heterocycles. The molecule has 0 fully saturated rings. The van der Waals surface area contributed by atoms with Crippen LogP contribution < -0.4 is 0 Å². The molecule has 1 N–H and O–H groups in total. The van der Waals surface area contributed by atoms with Crippen LogP contribution in [0.4, 0.5) is 0 Å². The molecule has 0 aromatic carbocycles. The van der Waals surface area contributed by atoms with E-state index < -0.39 is 5.97 Å². The molecule has 78 valence electrons. The summed E-state index contributed by atoms with van der Waals surface area (Å²) in [5.74, 6) is -0.861. The summed E-state index contributed by atoms with van der Waals surface area (Å²) in [6, 6.07) is 1.57. The number of fused-ring (bicyclic) bond motifs is 1. The van der Waals surface area contributed by atoms with Crippen LogP contribution in [0.2, 0.25) is 0 Å². The second-order valence-electron chi connectivity index (χ2n) is 3.76. The fourth-order valence-corrected chi connectivity index (χ4v) is 1.97. The van der Waals surface area contributed by atoms with Crippen molar-refractivity contribution in [1.29, 1.82) is 0 Å². The van der Waals surface area contributed by atoms with Crippen LogP contribution in [-0.2, 0) is 6.42 Å². The molecule has 3 heteroatoms. The van der Waals surface area contributed by atoms with Crippen LogP contribution in [0.5, 0.6) is 0 Å². The Morgan fingerprint density at radius 3 is 3.07 bits per heavy atom. The second-order valence-corrected chi connectivity index (χ2v) is 3.76. The van der Waals surface area contributed by atoms with Gasteiger partial charge in [-0.25, -0.2) is 4.79 Å². The summed E-state index contributed by atoms with van der Waals surface area (Å²) < 4.78 is 0. The molecule has 1 aliphatic rings. The molecule has 0 bridgehead atoms. The Labute approximate surface area is 88.5 Å². The summed E-state index contributed by atoms with van der Waals surface area (Å²) in [4.78, 5) is 15.2. The van der Waals surface area contributed by atoms with Gasteiger partial charge >= 0.3 is 5.97 Å². The van der Waals surface area contributed by atoms with Crippen LogP contribution in [0.3, 0.4) is 0 Å². The zero-order valence-electron chi connectivity index (χ0n) is 8.66. The zero-order valence-corrected chi connectivity index (χ0v) is 8.66. The van der Waals surface area contributed by atoms with Crippen LogP contribution in [0.25, 0.3) is 6.08 Å². The topological polar surface area (TPSA) is 50.2 Å². The molecular weight excluding hydrogens is 190 g/mol. The van der Waals surface area contributed by atoms with Crippen molar-refractivity contribution in [2.75, 3.05) is 0 Å². The Kier molecular flexibility index (Phi) is 2.54. The van der Waals surface area contributed by atoms with Crippen molar-refractivity contribution >= 4 is 12.0 Å². The molecule has 2 rings (SSSR count). The van der Waals surface area contributed by atoms with Gasteiger partial charge in [0.2, 0.25) is 0 Å². The van der Waals surface area contributed by atoms with Gasteiger partial charge in [-0.05, 0) is 30.5 Å². The lowest BCUT2D eigenvalue weighted by atomic mass is 10.0. The minimum absolute atomic E-state index is 0.391. The number of carboxylic acid groups (broad SMARTS) is 1. The minimum Gasteiger partial charge on any atom is -0.478 e. The quantitative estimate of drug-likeness (QED) is 0.821. The molecule has 0 amide bonds. The molecular formula is C12H13NO2. The third-order valence-corrected chi connectivity index (χ3v) is 2.64. The Bertz CT molecular complexity index is 435. The average molecular weight is 203 g/mol. The van der Waals surface area contributed by atoms with Gasteiger partial charge in [0.25, 0.3) is 0 Å². The van der Waals surface area contributed by atoms with E-state index in [1.54, 1.807) is 12.3 Å². The van der Waals surface area contributed by atoms with Crippen molar-refractivity contribution in [1.82, 2.24) is 4.98 Å². The third-order valence-electron chi connectivity index (χ3n) is 2.64. The van der Waals surface area contributed by atoms with E-state index in [-0.39, 0.29) is 0 Å². The minimum atomic E-state index is -0.861. The Hall–Kier alpha value is -1.64. The summed E-state index contributed by atoms with van der Waals surface area (Å²) in [6.45, 7) is 2.12. The van der Waals surface area contributed by atoms with E-state index >= 15 is 0 Å². The molecule has 1 aromatic heterocycles. The Morgan fingerprint density at radius 2 is 2.40 bits per heavy atom. The standard InChI is InChI=1S/C12H13NO2/c1-2-3-8-6-10-9(12(14)15)4-5-13-11(10)7-8/h4-5,7H,2-3,6H2,1H3,(H,14,15). The lowest BCUT2D eigenvalue weighted by Crippen LogP contribution is -2.03. The van der Waals surface area contributed by atoms with E-state index in [0.29, 0.717) is 5.56 Å². The van der Waals surface area contributed by atoms with Gasteiger partial charge in [0, 0.05) is 6.20 Å². The van der Waals surface area contributed by atoms with Crippen LogP contribution in [0.1, 0.15) is 41.4 Å². The summed E-state index contributed by atoms with van der Waals surface area (Å²) in [5, 5.41) is 9.01. The smallest absolute Gasteiger partial charge is 0.336 e. The van der Waals surface area contributed by atoms with E-state index in [9.17, 15) is 4.79 Å². The molecule has 1 aromatic rings. The predicted molar refractivity (Wildman–Crippen MR) is 57.8 cm³/mol. The lowest BCUT2D eigenvalue weighted by Gasteiger charge is -2.03. The van der Waals surface area contributed by atoms with Crippen LogP contribution in [0.15, 0.2) is 17.8 Å². The van der Waals surface area contributed by atoms with Gasteiger partial charge in [-0.2, -0.15) is 0 Å². The van der Waals surface area contributed by atoms with E-state index in [4.69, 9.17) is 5.11 Å². The number of nitrogens with zero attached hydrogens (tertiary/aromatic N) is 1. The molecule has 0 radical (unpaired) electrons. The van der Waals surface area contributed by atoms with Gasteiger partial charge in [0.05, 0.1) is 11.3 Å². The number of aromatic nitrogens is 1. The molecule has 0 spiro atoms. The first-order valence-corrected chi connectivity index (χ1v) is 5.13. The summed E-state index contributed by atoms with van der Waals surface area (Å²) >= 11 is 0. The number of allylic oxidation sites excluding steroid dienone is 1. The molecule has 0 saturated carbocycles. The molecule has 15 heavy (non-hydrogen) atoms. The molecule has 0 unspecified atom stereocenters. The number of hydrogen-bond donors (Lipinski definition) is 1. The van der Waals surface area contributed by atoms with Crippen molar-refractivity contribution in [2.24, 2.45) is 0 Å². The fraction of sp³-hybridized carbons (Fsp3) is 0.333. The highest BCUT2D eigenvalue weighted by Gasteiger charge is 2.19. The van der Waals surface area contributed by atoms with Crippen LogP contribution in [0, 0.1) is 0 Å². The molecule has 3 nitrogen and oxygen atoms in total. The maximum absolute atomic E-state index is 11.0. The van der Waals surface area contributed by atoms with Crippen molar-refractivity contribution in [2.45, 2.75) is 26.2 Å². The van der Waals surface area contributed by atoms with E-state index in [1.165, 1.54) is 5.57 Å². The molecule has 1 aliphatic carbocycles.